The molecule has 1 unspecified atom stereocenters. The van der Waals surface area contributed by atoms with Crippen LogP contribution in [0.3, 0.4) is 0 Å². The molecule has 4 heteroatoms. The zero-order valence-electron chi connectivity index (χ0n) is 8.49. The fourth-order valence-electron chi connectivity index (χ4n) is 1.92. The van der Waals surface area contributed by atoms with E-state index < -0.39 is 5.60 Å². The van der Waals surface area contributed by atoms with Crippen molar-refractivity contribution >= 4 is 21.6 Å². The van der Waals surface area contributed by atoms with E-state index in [1.807, 2.05) is 18.2 Å². The van der Waals surface area contributed by atoms with Gasteiger partial charge in [0.25, 0.3) is 0 Å². The number of β-amino-alcohol motifs (C(OH)–C–C–N with tert-alkyl or cyclic N) is 1. The Morgan fingerprint density at radius 2 is 2.33 bits per heavy atom. The molecule has 1 fully saturated rings. The number of nitrogens with two attached hydrogens (primary N) is 1. The molecule has 3 N–H and O–H groups in total. The van der Waals surface area contributed by atoms with Gasteiger partial charge in [0, 0.05) is 29.8 Å². The monoisotopic (exact) mass is 270 g/mol. The Balaban J connectivity index is 2.14. The molecule has 1 aromatic carbocycles. The van der Waals surface area contributed by atoms with Gasteiger partial charge >= 0.3 is 0 Å². The summed E-state index contributed by atoms with van der Waals surface area (Å²) in [6.07, 6.45) is 0.746. The smallest absolute Gasteiger partial charge is 0.0959 e. The highest BCUT2D eigenvalue weighted by Gasteiger charge is 2.34. The SMILES string of the molecule is NCC1(O)CCN(c2cccc(Br)c2)C1. The lowest BCUT2D eigenvalue weighted by Gasteiger charge is -2.22. The molecule has 0 aliphatic carbocycles. The van der Waals surface area contributed by atoms with Crippen molar-refractivity contribution in [3.63, 3.8) is 0 Å². The first kappa shape index (κ1) is 10.9. The van der Waals surface area contributed by atoms with Crippen LogP contribution in [-0.2, 0) is 0 Å². The van der Waals surface area contributed by atoms with Gasteiger partial charge in [-0.1, -0.05) is 22.0 Å². The normalized spacial score (nSPS) is 25.9. The van der Waals surface area contributed by atoms with E-state index in [0.29, 0.717) is 13.1 Å². The van der Waals surface area contributed by atoms with Crippen molar-refractivity contribution in [2.24, 2.45) is 5.73 Å². The van der Waals surface area contributed by atoms with Gasteiger partial charge in [-0.15, -0.1) is 0 Å². The number of rotatable bonds is 2. The number of anilines is 1. The van der Waals surface area contributed by atoms with Crippen LogP contribution in [-0.4, -0.2) is 30.3 Å². The predicted molar refractivity (Wildman–Crippen MR) is 65.0 cm³/mol. The van der Waals surface area contributed by atoms with E-state index in [-0.39, 0.29) is 0 Å². The average Bonchev–Trinajstić information content (AvgIpc) is 2.62. The zero-order chi connectivity index (χ0) is 10.9. The lowest BCUT2D eigenvalue weighted by atomic mass is 10.0. The highest BCUT2D eigenvalue weighted by atomic mass is 79.9. The van der Waals surface area contributed by atoms with E-state index in [2.05, 4.69) is 26.9 Å². The Kier molecular flexibility index (Phi) is 3.00. The van der Waals surface area contributed by atoms with Crippen molar-refractivity contribution < 1.29 is 5.11 Å². The van der Waals surface area contributed by atoms with Crippen LogP contribution in [0.25, 0.3) is 0 Å². The van der Waals surface area contributed by atoms with Crippen LogP contribution in [0.2, 0.25) is 0 Å². The molecule has 0 aromatic heterocycles. The van der Waals surface area contributed by atoms with Crippen molar-refractivity contribution in [3.05, 3.63) is 28.7 Å². The lowest BCUT2D eigenvalue weighted by Crippen LogP contribution is -2.40. The maximum atomic E-state index is 10.0. The second-order valence-electron chi connectivity index (χ2n) is 4.08. The summed E-state index contributed by atoms with van der Waals surface area (Å²) in [5, 5.41) is 10.0. The summed E-state index contributed by atoms with van der Waals surface area (Å²) < 4.78 is 1.06. The van der Waals surface area contributed by atoms with Crippen LogP contribution in [0.5, 0.6) is 0 Å². The zero-order valence-corrected chi connectivity index (χ0v) is 10.1. The third-order valence-electron chi connectivity index (χ3n) is 2.89. The predicted octanol–water partition coefficient (Wildman–Crippen LogP) is 1.35. The molecule has 2 rings (SSSR count). The van der Waals surface area contributed by atoms with Crippen molar-refractivity contribution in [2.45, 2.75) is 12.0 Å². The minimum atomic E-state index is -0.706. The number of halogens is 1. The molecule has 1 atom stereocenters. The van der Waals surface area contributed by atoms with Gasteiger partial charge in [-0.05, 0) is 24.6 Å². The van der Waals surface area contributed by atoms with Gasteiger partial charge in [0.15, 0.2) is 0 Å². The van der Waals surface area contributed by atoms with E-state index in [1.54, 1.807) is 0 Å². The summed E-state index contributed by atoms with van der Waals surface area (Å²) in [5.74, 6) is 0. The highest BCUT2D eigenvalue weighted by Crippen LogP contribution is 2.27. The van der Waals surface area contributed by atoms with E-state index in [9.17, 15) is 5.11 Å². The van der Waals surface area contributed by atoms with Crippen molar-refractivity contribution in [1.82, 2.24) is 0 Å². The quantitative estimate of drug-likeness (QED) is 0.853. The van der Waals surface area contributed by atoms with Crippen LogP contribution in [0.15, 0.2) is 28.7 Å². The molecular formula is C11H15BrN2O. The molecule has 82 valence electrons. The molecular weight excluding hydrogens is 256 g/mol. The first-order valence-electron chi connectivity index (χ1n) is 5.06. The molecule has 1 aliphatic heterocycles. The first-order chi connectivity index (χ1) is 7.13. The number of hydrogen-bond donors (Lipinski definition) is 2. The van der Waals surface area contributed by atoms with Gasteiger partial charge in [-0.25, -0.2) is 0 Å². The van der Waals surface area contributed by atoms with E-state index >= 15 is 0 Å². The van der Waals surface area contributed by atoms with Crippen molar-refractivity contribution in [1.29, 1.82) is 0 Å². The number of nitrogens with zero attached hydrogens (tertiary/aromatic N) is 1. The van der Waals surface area contributed by atoms with Crippen LogP contribution < -0.4 is 10.6 Å². The number of aliphatic hydroxyl groups is 1. The Labute approximate surface area is 98.0 Å². The fourth-order valence-corrected chi connectivity index (χ4v) is 2.30. The first-order valence-corrected chi connectivity index (χ1v) is 5.85. The molecule has 1 heterocycles. The number of benzene rings is 1. The van der Waals surface area contributed by atoms with Gasteiger partial charge in [0.1, 0.15) is 0 Å². The molecule has 3 nitrogen and oxygen atoms in total. The molecule has 0 radical (unpaired) electrons. The summed E-state index contributed by atoms with van der Waals surface area (Å²) in [7, 11) is 0. The van der Waals surface area contributed by atoms with Crippen molar-refractivity contribution in [3.8, 4) is 0 Å². The van der Waals surface area contributed by atoms with Gasteiger partial charge < -0.3 is 15.7 Å². The molecule has 1 aromatic rings. The van der Waals surface area contributed by atoms with Crippen LogP contribution in [0.4, 0.5) is 5.69 Å². The Morgan fingerprint density at radius 1 is 1.53 bits per heavy atom. The summed E-state index contributed by atoms with van der Waals surface area (Å²) in [4.78, 5) is 2.16. The molecule has 0 bridgehead atoms. The maximum Gasteiger partial charge on any atom is 0.0959 e. The molecule has 0 spiro atoms. The topological polar surface area (TPSA) is 49.5 Å². The Bertz CT molecular complexity index is 358. The van der Waals surface area contributed by atoms with Crippen molar-refractivity contribution in [2.75, 3.05) is 24.5 Å². The summed E-state index contributed by atoms with van der Waals surface area (Å²) >= 11 is 3.44. The summed E-state index contributed by atoms with van der Waals surface area (Å²) in [6, 6.07) is 8.10. The molecule has 0 amide bonds. The minimum absolute atomic E-state index is 0.331. The van der Waals surface area contributed by atoms with Gasteiger partial charge in [-0.2, -0.15) is 0 Å². The Morgan fingerprint density at radius 3 is 2.93 bits per heavy atom. The molecule has 0 saturated carbocycles. The second-order valence-corrected chi connectivity index (χ2v) is 5.00. The van der Waals surface area contributed by atoms with Crippen LogP contribution >= 0.6 is 15.9 Å². The lowest BCUT2D eigenvalue weighted by molar-refractivity contribution is 0.0726. The molecule has 1 aliphatic rings. The molecule has 1 saturated heterocycles. The van der Waals surface area contributed by atoms with Gasteiger partial charge in [0.2, 0.25) is 0 Å². The number of hydrogen-bond acceptors (Lipinski definition) is 3. The fraction of sp³-hybridized carbons (Fsp3) is 0.455. The van der Waals surface area contributed by atoms with E-state index in [1.165, 1.54) is 0 Å². The van der Waals surface area contributed by atoms with Gasteiger partial charge in [-0.3, -0.25) is 0 Å². The maximum absolute atomic E-state index is 10.0. The standard InChI is InChI=1S/C11H15BrN2O/c12-9-2-1-3-10(6-9)14-5-4-11(15,7-13)8-14/h1-3,6,15H,4-5,7-8,13H2. The Hall–Kier alpha value is -0.580. The largest absolute Gasteiger partial charge is 0.387 e. The van der Waals surface area contributed by atoms with Crippen LogP contribution in [0, 0.1) is 0 Å². The molecule has 15 heavy (non-hydrogen) atoms. The third kappa shape index (κ3) is 2.33. The van der Waals surface area contributed by atoms with E-state index in [0.717, 1.165) is 23.1 Å². The van der Waals surface area contributed by atoms with Crippen LogP contribution in [0.1, 0.15) is 6.42 Å². The minimum Gasteiger partial charge on any atom is -0.387 e. The average molecular weight is 271 g/mol. The van der Waals surface area contributed by atoms with E-state index in [4.69, 9.17) is 5.73 Å². The third-order valence-corrected chi connectivity index (χ3v) is 3.38. The van der Waals surface area contributed by atoms with Gasteiger partial charge in [0.05, 0.1) is 5.60 Å². The highest BCUT2D eigenvalue weighted by molar-refractivity contribution is 9.10. The summed E-state index contributed by atoms with van der Waals surface area (Å²) in [5.41, 5.74) is 5.98. The summed E-state index contributed by atoms with van der Waals surface area (Å²) in [6.45, 7) is 1.82. The second kappa shape index (κ2) is 4.12.